The molecule has 0 saturated carbocycles. The Bertz CT molecular complexity index is 413. The molecule has 0 aromatic carbocycles. The summed E-state index contributed by atoms with van der Waals surface area (Å²) in [5.41, 5.74) is 2.51. The number of nitrogens with zero attached hydrogens (tertiary/aromatic N) is 2. The second-order valence-electron chi connectivity index (χ2n) is 5.61. The zero-order chi connectivity index (χ0) is 13.1. The molecule has 2 aliphatic rings. The molecule has 0 bridgehead atoms. The Hall–Kier alpha value is -0.910. The second-order valence-corrected chi connectivity index (χ2v) is 5.61. The van der Waals surface area contributed by atoms with Crippen molar-refractivity contribution in [2.45, 2.75) is 25.3 Å². The standard InChI is InChI=1S/C14H23N3O2/c1-17-10-16-13-7-15-6-12(14(13)17)9-19-8-11-2-4-18-5-3-11/h10-12,15H,2-9H2,1H3/t12-/m0/s1. The zero-order valence-corrected chi connectivity index (χ0v) is 11.6. The minimum Gasteiger partial charge on any atom is -0.381 e. The molecule has 1 aromatic heterocycles. The average molecular weight is 265 g/mol. The maximum atomic E-state index is 5.96. The van der Waals surface area contributed by atoms with Gasteiger partial charge in [-0.1, -0.05) is 0 Å². The molecule has 0 aliphatic carbocycles. The van der Waals surface area contributed by atoms with Gasteiger partial charge in [0.1, 0.15) is 0 Å². The van der Waals surface area contributed by atoms with Crippen LogP contribution in [0.25, 0.3) is 0 Å². The molecule has 0 unspecified atom stereocenters. The molecule has 2 aliphatic heterocycles. The first-order valence-corrected chi connectivity index (χ1v) is 7.21. The normalized spacial score (nSPS) is 24.4. The summed E-state index contributed by atoms with van der Waals surface area (Å²) >= 11 is 0. The average Bonchev–Trinajstić information content (AvgIpc) is 2.83. The molecular formula is C14H23N3O2. The highest BCUT2D eigenvalue weighted by atomic mass is 16.5. The van der Waals surface area contributed by atoms with Crippen molar-refractivity contribution in [3.63, 3.8) is 0 Å². The highest BCUT2D eigenvalue weighted by Crippen LogP contribution is 2.23. The molecule has 0 amide bonds. The minimum absolute atomic E-state index is 0.427. The summed E-state index contributed by atoms with van der Waals surface area (Å²) in [6.45, 7) is 5.31. The number of ether oxygens (including phenoxy) is 2. The van der Waals surface area contributed by atoms with Gasteiger partial charge in [-0.15, -0.1) is 0 Å². The highest BCUT2D eigenvalue weighted by molar-refractivity contribution is 5.21. The number of aryl methyl sites for hydroxylation is 1. The fourth-order valence-electron chi connectivity index (χ4n) is 3.04. The van der Waals surface area contributed by atoms with Gasteiger partial charge >= 0.3 is 0 Å². The molecule has 3 rings (SSSR count). The van der Waals surface area contributed by atoms with Crippen LogP contribution in [-0.4, -0.2) is 42.5 Å². The first-order chi connectivity index (χ1) is 9.34. The molecule has 1 fully saturated rings. The van der Waals surface area contributed by atoms with Gasteiger partial charge in [0, 0.05) is 51.6 Å². The van der Waals surface area contributed by atoms with E-state index >= 15 is 0 Å². The molecule has 0 spiro atoms. The number of nitrogens with one attached hydrogen (secondary N) is 1. The summed E-state index contributed by atoms with van der Waals surface area (Å²) in [6, 6.07) is 0. The van der Waals surface area contributed by atoms with Gasteiger partial charge in [0.15, 0.2) is 0 Å². The lowest BCUT2D eigenvalue weighted by atomic mass is 10.00. The number of imidazole rings is 1. The van der Waals surface area contributed by atoms with Gasteiger partial charge in [-0.05, 0) is 18.8 Å². The van der Waals surface area contributed by atoms with Gasteiger partial charge in [0.2, 0.25) is 0 Å². The number of aromatic nitrogens is 2. The van der Waals surface area contributed by atoms with Crippen molar-refractivity contribution in [2.24, 2.45) is 13.0 Å². The van der Waals surface area contributed by atoms with Crippen LogP contribution in [0.2, 0.25) is 0 Å². The number of hydrogen-bond donors (Lipinski definition) is 1. The summed E-state index contributed by atoms with van der Waals surface area (Å²) in [4.78, 5) is 4.43. The third-order valence-corrected chi connectivity index (χ3v) is 4.15. The Morgan fingerprint density at radius 1 is 1.42 bits per heavy atom. The van der Waals surface area contributed by atoms with E-state index in [-0.39, 0.29) is 0 Å². The van der Waals surface area contributed by atoms with Gasteiger partial charge in [0.25, 0.3) is 0 Å². The lowest BCUT2D eigenvalue weighted by Gasteiger charge is -2.26. The minimum atomic E-state index is 0.427. The molecule has 106 valence electrons. The van der Waals surface area contributed by atoms with E-state index in [1.165, 1.54) is 11.4 Å². The molecule has 19 heavy (non-hydrogen) atoms. The number of hydrogen-bond acceptors (Lipinski definition) is 4. The quantitative estimate of drug-likeness (QED) is 0.884. The molecular weight excluding hydrogens is 242 g/mol. The number of rotatable bonds is 4. The van der Waals surface area contributed by atoms with E-state index in [1.807, 2.05) is 6.33 Å². The van der Waals surface area contributed by atoms with E-state index in [1.54, 1.807) is 0 Å². The van der Waals surface area contributed by atoms with Crippen molar-refractivity contribution in [1.82, 2.24) is 14.9 Å². The van der Waals surface area contributed by atoms with E-state index in [9.17, 15) is 0 Å². The largest absolute Gasteiger partial charge is 0.381 e. The third-order valence-electron chi connectivity index (χ3n) is 4.15. The summed E-state index contributed by atoms with van der Waals surface area (Å²) in [5.74, 6) is 1.10. The smallest absolute Gasteiger partial charge is 0.0949 e. The summed E-state index contributed by atoms with van der Waals surface area (Å²) in [5, 5.41) is 3.42. The highest BCUT2D eigenvalue weighted by Gasteiger charge is 2.24. The third kappa shape index (κ3) is 2.99. The Kier molecular flexibility index (Phi) is 4.15. The maximum absolute atomic E-state index is 5.96. The van der Waals surface area contributed by atoms with Gasteiger partial charge in [-0.25, -0.2) is 4.98 Å². The SMILES string of the molecule is Cn1cnc2c1[C@H](COCC1CCOCC1)CNC2. The van der Waals surface area contributed by atoms with Crippen LogP contribution in [0.1, 0.15) is 30.1 Å². The van der Waals surface area contributed by atoms with E-state index < -0.39 is 0 Å². The van der Waals surface area contributed by atoms with E-state index in [0.717, 1.165) is 52.4 Å². The van der Waals surface area contributed by atoms with Crippen LogP contribution < -0.4 is 5.32 Å². The van der Waals surface area contributed by atoms with Crippen molar-refractivity contribution in [3.05, 3.63) is 17.7 Å². The van der Waals surface area contributed by atoms with Gasteiger partial charge in [-0.3, -0.25) is 0 Å². The molecule has 5 heteroatoms. The molecule has 5 nitrogen and oxygen atoms in total. The summed E-state index contributed by atoms with van der Waals surface area (Å²) in [7, 11) is 2.07. The van der Waals surface area contributed by atoms with Crippen molar-refractivity contribution in [3.8, 4) is 0 Å². The molecule has 0 radical (unpaired) electrons. The van der Waals surface area contributed by atoms with Crippen LogP contribution in [0, 0.1) is 5.92 Å². The van der Waals surface area contributed by atoms with Crippen molar-refractivity contribution in [1.29, 1.82) is 0 Å². The fourth-order valence-corrected chi connectivity index (χ4v) is 3.04. The topological polar surface area (TPSA) is 48.3 Å². The van der Waals surface area contributed by atoms with Gasteiger partial charge in [0.05, 0.1) is 18.6 Å². The summed E-state index contributed by atoms with van der Waals surface area (Å²) < 4.78 is 13.5. The lowest BCUT2D eigenvalue weighted by molar-refractivity contribution is 0.0163. The molecule has 1 aromatic rings. The Morgan fingerprint density at radius 2 is 2.26 bits per heavy atom. The maximum Gasteiger partial charge on any atom is 0.0949 e. The first kappa shape index (κ1) is 13.1. The van der Waals surface area contributed by atoms with Crippen LogP contribution in [0.15, 0.2) is 6.33 Å². The number of fused-ring (bicyclic) bond motifs is 1. The molecule has 1 atom stereocenters. The van der Waals surface area contributed by atoms with Crippen LogP contribution in [-0.2, 0) is 23.1 Å². The van der Waals surface area contributed by atoms with Crippen molar-refractivity contribution < 1.29 is 9.47 Å². The predicted octanol–water partition coefficient (Wildman–Crippen LogP) is 1.05. The molecule has 3 heterocycles. The van der Waals surface area contributed by atoms with Crippen LogP contribution in [0.3, 0.4) is 0 Å². The van der Waals surface area contributed by atoms with Crippen LogP contribution >= 0.6 is 0 Å². The summed E-state index contributed by atoms with van der Waals surface area (Å²) in [6.07, 6.45) is 4.18. The Morgan fingerprint density at radius 3 is 3.11 bits per heavy atom. The fraction of sp³-hybridized carbons (Fsp3) is 0.786. The first-order valence-electron chi connectivity index (χ1n) is 7.21. The van der Waals surface area contributed by atoms with E-state index in [0.29, 0.717) is 11.8 Å². The van der Waals surface area contributed by atoms with Crippen LogP contribution in [0.5, 0.6) is 0 Å². The molecule has 1 saturated heterocycles. The van der Waals surface area contributed by atoms with Gasteiger partial charge in [-0.2, -0.15) is 0 Å². The van der Waals surface area contributed by atoms with Gasteiger partial charge < -0.3 is 19.4 Å². The van der Waals surface area contributed by atoms with Crippen molar-refractivity contribution in [2.75, 3.05) is 33.0 Å². The monoisotopic (exact) mass is 265 g/mol. The van der Waals surface area contributed by atoms with E-state index in [2.05, 4.69) is 21.9 Å². The van der Waals surface area contributed by atoms with Crippen molar-refractivity contribution >= 4 is 0 Å². The van der Waals surface area contributed by atoms with Crippen LogP contribution in [0.4, 0.5) is 0 Å². The zero-order valence-electron chi connectivity index (χ0n) is 11.6. The molecule has 1 N–H and O–H groups in total. The lowest BCUT2D eigenvalue weighted by Crippen LogP contribution is -2.32. The van der Waals surface area contributed by atoms with E-state index in [4.69, 9.17) is 9.47 Å². The Labute approximate surface area is 114 Å². The second kappa shape index (κ2) is 6.03. The Balaban J connectivity index is 1.51. The predicted molar refractivity (Wildman–Crippen MR) is 72.0 cm³/mol.